The lowest BCUT2D eigenvalue weighted by Gasteiger charge is -2.10. The molecule has 0 unspecified atom stereocenters. The minimum absolute atomic E-state index is 0.204. The molecule has 0 saturated carbocycles. The molecule has 1 atom stereocenters. The van der Waals surface area contributed by atoms with E-state index in [2.05, 4.69) is 20.5 Å². The summed E-state index contributed by atoms with van der Waals surface area (Å²) in [5.74, 6) is 0.640. The van der Waals surface area contributed by atoms with E-state index in [9.17, 15) is 9.59 Å². The summed E-state index contributed by atoms with van der Waals surface area (Å²) in [7, 11) is 0. The second-order valence-electron chi connectivity index (χ2n) is 6.31. The van der Waals surface area contributed by atoms with Crippen molar-refractivity contribution in [3.63, 3.8) is 0 Å². The van der Waals surface area contributed by atoms with E-state index in [1.165, 1.54) is 11.8 Å². The highest BCUT2D eigenvalue weighted by molar-refractivity contribution is 8.00. The average molecular weight is 411 g/mol. The van der Waals surface area contributed by atoms with Gasteiger partial charge in [-0.15, -0.1) is 5.10 Å². The van der Waals surface area contributed by atoms with Gasteiger partial charge in [-0.25, -0.2) is 4.98 Å². The van der Waals surface area contributed by atoms with Crippen LogP contribution in [0.15, 0.2) is 53.7 Å². The van der Waals surface area contributed by atoms with Crippen molar-refractivity contribution < 1.29 is 14.3 Å². The predicted molar refractivity (Wildman–Crippen MR) is 111 cm³/mol. The normalized spacial score (nSPS) is 11.7. The van der Waals surface area contributed by atoms with Crippen LogP contribution < -0.4 is 15.8 Å². The number of nitrogens with one attached hydrogen (secondary N) is 2. The first-order valence-corrected chi connectivity index (χ1v) is 9.77. The van der Waals surface area contributed by atoms with Crippen LogP contribution in [-0.2, 0) is 11.4 Å². The Balaban J connectivity index is 1.52. The number of primary amides is 1. The third-order valence-electron chi connectivity index (χ3n) is 4.06. The second-order valence-corrected chi connectivity index (χ2v) is 7.62. The van der Waals surface area contributed by atoms with Crippen LogP contribution in [0.3, 0.4) is 0 Å². The van der Waals surface area contributed by atoms with Gasteiger partial charge in [0.05, 0.1) is 5.25 Å². The zero-order chi connectivity index (χ0) is 20.8. The summed E-state index contributed by atoms with van der Waals surface area (Å²) in [6.07, 6.45) is 0. The molecule has 8 nitrogen and oxygen atoms in total. The number of nitrogens with two attached hydrogens (primary N) is 1. The zero-order valence-electron chi connectivity index (χ0n) is 16.0. The molecule has 0 saturated heterocycles. The number of aromatic nitrogens is 3. The van der Waals surface area contributed by atoms with Crippen molar-refractivity contribution in [2.24, 2.45) is 5.73 Å². The van der Waals surface area contributed by atoms with Crippen molar-refractivity contribution in [1.29, 1.82) is 0 Å². The number of carbonyl (C=O) groups excluding carboxylic acids is 2. The molecule has 150 valence electrons. The predicted octanol–water partition coefficient (Wildman–Crippen LogP) is 2.91. The summed E-state index contributed by atoms with van der Waals surface area (Å²) in [5.41, 5.74) is 7.21. The average Bonchev–Trinajstić information content (AvgIpc) is 3.15. The van der Waals surface area contributed by atoms with Crippen molar-refractivity contribution in [2.75, 3.05) is 5.32 Å². The van der Waals surface area contributed by atoms with Crippen LogP contribution in [0.25, 0.3) is 0 Å². The maximum Gasteiger partial charge on any atom is 0.248 e. The van der Waals surface area contributed by atoms with Crippen LogP contribution in [0.2, 0.25) is 0 Å². The van der Waals surface area contributed by atoms with Crippen molar-refractivity contribution in [3.05, 3.63) is 65.5 Å². The number of para-hydroxylation sites is 1. The number of amides is 2. The number of H-pyrrole nitrogens is 1. The first-order valence-electron chi connectivity index (χ1n) is 8.89. The number of aryl methyl sites for hydroxylation is 1. The Morgan fingerprint density at radius 3 is 2.62 bits per heavy atom. The molecule has 0 radical (unpaired) electrons. The first-order chi connectivity index (χ1) is 13.9. The number of ether oxygens (including phenoxy) is 1. The van der Waals surface area contributed by atoms with Crippen LogP contribution in [0, 0.1) is 6.92 Å². The Labute approximate surface area is 172 Å². The number of hydrogen-bond acceptors (Lipinski definition) is 6. The minimum Gasteiger partial charge on any atom is -0.485 e. The van der Waals surface area contributed by atoms with Gasteiger partial charge in [-0.1, -0.05) is 30.0 Å². The van der Waals surface area contributed by atoms with Crippen LogP contribution >= 0.6 is 11.8 Å². The second kappa shape index (κ2) is 9.24. The third-order valence-corrected chi connectivity index (χ3v) is 5.02. The van der Waals surface area contributed by atoms with Gasteiger partial charge in [0.25, 0.3) is 0 Å². The zero-order valence-corrected chi connectivity index (χ0v) is 16.8. The smallest absolute Gasteiger partial charge is 0.248 e. The van der Waals surface area contributed by atoms with Gasteiger partial charge in [0.2, 0.25) is 17.0 Å². The molecule has 0 bridgehead atoms. The fourth-order valence-electron chi connectivity index (χ4n) is 2.43. The van der Waals surface area contributed by atoms with Crippen molar-refractivity contribution in [2.45, 2.75) is 30.9 Å². The molecular formula is C20H21N5O3S. The van der Waals surface area contributed by atoms with E-state index in [1.807, 2.05) is 31.2 Å². The summed E-state index contributed by atoms with van der Waals surface area (Å²) >= 11 is 1.23. The Morgan fingerprint density at radius 1 is 1.21 bits per heavy atom. The minimum atomic E-state index is -0.515. The largest absolute Gasteiger partial charge is 0.485 e. The molecule has 0 fully saturated rings. The van der Waals surface area contributed by atoms with Gasteiger partial charge in [0, 0.05) is 11.3 Å². The number of rotatable bonds is 8. The van der Waals surface area contributed by atoms with E-state index < -0.39 is 11.2 Å². The molecule has 0 spiro atoms. The Bertz CT molecular complexity index is 1000. The number of thioether (sulfide) groups is 1. The fourth-order valence-corrected chi connectivity index (χ4v) is 3.18. The summed E-state index contributed by atoms with van der Waals surface area (Å²) in [6.45, 7) is 3.99. The molecule has 2 amide bonds. The van der Waals surface area contributed by atoms with E-state index in [-0.39, 0.29) is 12.5 Å². The van der Waals surface area contributed by atoms with Gasteiger partial charge in [-0.05, 0) is 49.7 Å². The molecule has 3 rings (SSSR count). The van der Waals surface area contributed by atoms with Gasteiger partial charge < -0.3 is 15.8 Å². The molecule has 4 N–H and O–H groups in total. The quantitative estimate of drug-likeness (QED) is 0.490. The molecule has 29 heavy (non-hydrogen) atoms. The van der Waals surface area contributed by atoms with Crippen LogP contribution in [0.1, 0.15) is 28.7 Å². The van der Waals surface area contributed by atoms with Gasteiger partial charge in [-0.2, -0.15) is 0 Å². The molecule has 0 aliphatic heterocycles. The maximum absolute atomic E-state index is 12.4. The number of carbonyl (C=O) groups is 2. The summed E-state index contributed by atoms with van der Waals surface area (Å²) < 4.78 is 5.74. The highest BCUT2D eigenvalue weighted by Crippen LogP contribution is 2.22. The van der Waals surface area contributed by atoms with Gasteiger partial charge in [-0.3, -0.25) is 14.7 Å². The van der Waals surface area contributed by atoms with Crippen LogP contribution in [-0.4, -0.2) is 32.2 Å². The molecule has 9 heteroatoms. The standard InChI is InChI=1S/C20H21N5O3S/c1-12-5-3-4-6-16(12)28-11-17-23-20(25-24-17)29-13(2)19(27)22-15-9-7-14(8-10-15)18(21)26/h3-10,13H,11H2,1-2H3,(H2,21,26)(H,22,27)(H,23,24,25)/t13-/m0/s1. The SMILES string of the molecule is Cc1ccccc1OCc1nc(S[C@@H](C)C(=O)Nc2ccc(C(N)=O)cc2)n[nH]1. The van der Waals surface area contributed by atoms with Crippen LogP contribution in [0.5, 0.6) is 5.75 Å². The first kappa shape index (κ1) is 20.4. The number of anilines is 1. The summed E-state index contributed by atoms with van der Waals surface area (Å²) in [4.78, 5) is 27.8. The molecule has 3 aromatic rings. The van der Waals surface area contributed by atoms with Gasteiger partial charge in [0.15, 0.2) is 5.82 Å². The monoisotopic (exact) mass is 411 g/mol. The Kier molecular flexibility index (Phi) is 6.50. The van der Waals surface area contributed by atoms with E-state index >= 15 is 0 Å². The maximum atomic E-state index is 12.4. The van der Waals surface area contributed by atoms with E-state index in [1.54, 1.807) is 31.2 Å². The number of benzene rings is 2. The number of nitrogens with zero attached hydrogens (tertiary/aromatic N) is 2. The highest BCUT2D eigenvalue weighted by atomic mass is 32.2. The number of aromatic amines is 1. The highest BCUT2D eigenvalue weighted by Gasteiger charge is 2.17. The lowest BCUT2D eigenvalue weighted by Crippen LogP contribution is -2.22. The molecule has 1 heterocycles. The van der Waals surface area contributed by atoms with Crippen molar-refractivity contribution >= 4 is 29.3 Å². The summed E-state index contributed by atoms with van der Waals surface area (Å²) in [5, 5.41) is 9.77. The van der Waals surface area contributed by atoms with Crippen LogP contribution in [0.4, 0.5) is 5.69 Å². The van der Waals surface area contributed by atoms with Gasteiger partial charge >= 0.3 is 0 Å². The number of hydrogen-bond donors (Lipinski definition) is 3. The molecular weight excluding hydrogens is 390 g/mol. The van der Waals surface area contributed by atoms with E-state index in [0.29, 0.717) is 22.2 Å². The molecule has 2 aromatic carbocycles. The molecule has 0 aliphatic rings. The summed E-state index contributed by atoms with van der Waals surface area (Å²) in [6, 6.07) is 14.1. The topological polar surface area (TPSA) is 123 Å². The van der Waals surface area contributed by atoms with Gasteiger partial charge in [0.1, 0.15) is 12.4 Å². The Hall–Kier alpha value is -3.33. The van der Waals surface area contributed by atoms with Crippen molar-refractivity contribution in [1.82, 2.24) is 15.2 Å². The molecule has 0 aliphatic carbocycles. The Morgan fingerprint density at radius 2 is 1.93 bits per heavy atom. The van der Waals surface area contributed by atoms with E-state index in [4.69, 9.17) is 10.5 Å². The van der Waals surface area contributed by atoms with Crippen molar-refractivity contribution in [3.8, 4) is 5.75 Å². The lowest BCUT2D eigenvalue weighted by atomic mass is 10.2. The fraction of sp³-hybridized carbons (Fsp3) is 0.200. The van der Waals surface area contributed by atoms with E-state index in [0.717, 1.165) is 11.3 Å². The lowest BCUT2D eigenvalue weighted by molar-refractivity contribution is -0.115. The molecule has 1 aromatic heterocycles. The third kappa shape index (κ3) is 5.58.